The molecule has 0 aromatic carbocycles. The van der Waals surface area contributed by atoms with Crippen molar-refractivity contribution in [3.63, 3.8) is 0 Å². The first-order valence-electron chi connectivity index (χ1n) is 14.9. The molecule has 6 atom stereocenters. The van der Waals surface area contributed by atoms with Crippen molar-refractivity contribution < 1.29 is 28.4 Å². The standard InChI is InChI=1S/C28H45FN5O5P/c1-27(12-6-3-7-13-27)33-26(39)32-21(17-9-4-2-5-10-17)25(38)34-14-8-11-20(34)24(37)31-19(22(35)23(30)36)15-18-16-28(18,29)40/h17-21H,2-16,40H2,1H3,(H2,30,36)(H,31,37)(H2,32,33,39). The zero-order valence-electron chi connectivity index (χ0n) is 23.5. The highest BCUT2D eigenvalue weighted by atomic mass is 31.0. The number of hydrogen-bond acceptors (Lipinski definition) is 5. The van der Waals surface area contributed by atoms with Gasteiger partial charge in [-0.3, -0.25) is 19.2 Å². The van der Waals surface area contributed by atoms with Crippen LogP contribution in [0.3, 0.4) is 0 Å². The lowest BCUT2D eigenvalue weighted by Gasteiger charge is -2.37. The Morgan fingerprint density at radius 3 is 2.20 bits per heavy atom. The van der Waals surface area contributed by atoms with Gasteiger partial charge in [0.25, 0.3) is 5.91 Å². The van der Waals surface area contributed by atoms with Gasteiger partial charge < -0.3 is 26.6 Å². The molecule has 0 aromatic rings. The van der Waals surface area contributed by atoms with Gasteiger partial charge >= 0.3 is 6.03 Å². The van der Waals surface area contributed by atoms with Gasteiger partial charge in [-0.25, -0.2) is 9.18 Å². The predicted molar refractivity (Wildman–Crippen MR) is 151 cm³/mol. The number of carbonyl (C=O) groups excluding carboxylic acids is 5. The molecule has 5 N–H and O–H groups in total. The summed E-state index contributed by atoms with van der Waals surface area (Å²) >= 11 is 0. The number of nitrogens with zero attached hydrogens (tertiary/aromatic N) is 1. The average Bonchev–Trinajstić information content (AvgIpc) is 3.26. The Morgan fingerprint density at radius 2 is 1.60 bits per heavy atom. The van der Waals surface area contributed by atoms with Crippen LogP contribution >= 0.6 is 9.24 Å². The fourth-order valence-electron chi connectivity index (χ4n) is 6.79. The van der Waals surface area contributed by atoms with Gasteiger partial charge in [0.05, 0.1) is 6.04 Å². The van der Waals surface area contributed by atoms with E-state index in [1.807, 2.05) is 6.92 Å². The van der Waals surface area contributed by atoms with Crippen LogP contribution in [0.4, 0.5) is 9.18 Å². The monoisotopic (exact) mass is 581 g/mol. The largest absolute Gasteiger partial charge is 0.363 e. The number of urea groups is 1. The lowest BCUT2D eigenvalue weighted by Crippen LogP contribution is -2.60. The number of nitrogens with two attached hydrogens (primary N) is 1. The maximum absolute atomic E-state index is 14.2. The van der Waals surface area contributed by atoms with E-state index in [2.05, 4.69) is 25.2 Å². The van der Waals surface area contributed by atoms with Crippen LogP contribution in [0.2, 0.25) is 0 Å². The summed E-state index contributed by atoms with van der Waals surface area (Å²) in [5.74, 6) is -3.57. The molecule has 4 rings (SSSR count). The first-order chi connectivity index (χ1) is 18.9. The minimum Gasteiger partial charge on any atom is -0.363 e. The van der Waals surface area contributed by atoms with Crippen LogP contribution < -0.4 is 21.7 Å². The van der Waals surface area contributed by atoms with Crippen LogP contribution in [0, 0.1) is 11.8 Å². The smallest absolute Gasteiger partial charge is 0.315 e. The fourth-order valence-corrected chi connectivity index (χ4v) is 7.21. The van der Waals surface area contributed by atoms with E-state index in [9.17, 15) is 28.4 Å². The summed E-state index contributed by atoms with van der Waals surface area (Å²) in [7, 11) is 2.10. The van der Waals surface area contributed by atoms with Crippen molar-refractivity contribution >= 4 is 38.8 Å². The van der Waals surface area contributed by atoms with Crippen LogP contribution in [0.1, 0.15) is 96.8 Å². The van der Waals surface area contributed by atoms with Crippen molar-refractivity contribution in [2.45, 2.75) is 126 Å². The van der Waals surface area contributed by atoms with Crippen molar-refractivity contribution in [1.29, 1.82) is 0 Å². The third-order valence-electron chi connectivity index (χ3n) is 9.36. The molecule has 40 heavy (non-hydrogen) atoms. The van der Waals surface area contributed by atoms with Gasteiger partial charge in [0.15, 0.2) is 0 Å². The molecule has 1 saturated heterocycles. The van der Waals surface area contributed by atoms with Crippen molar-refractivity contribution in [2.24, 2.45) is 17.6 Å². The van der Waals surface area contributed by atoms with Crippen LogP contribution in [0.25, 0.3) is 0 Å². The molecule has 10 nitrogen and oxygen atoms in total. The van der Waals surface area contributed by atoms with E-state index in [1.54, 1.807) is 0 Å². The quantitative estimate of drug-likeness (QED) is 0.231. The van der Waals surface area contributed by atoms with Gasteiger partial charge in [-0.1, -0.05) is 47.8 Å². The zero-order chi connectivity index (χ0) is 29.1. The predicted octanol–water partition coefficient (Wildman–Crippen LogP) is 2.44. The molecule has 0 bridgehead atoms. The topological polar surface area (TPSA) is 151 Å². The minimum absolute atomic E-state index is 0.0331. The molecule has 3 saturated carbocycles. The number of likely N-dealkylation sites (tertiary alicyclic amines) is 1. The molecule has 1 aliphatic heterocycles. The van der Waals surface area contributed by atoms with Gasteiger partial charge in [0.1, 0.15) is 17.5 Å². The van der Waals surface area contributed by atoms with Crippen molar-refractivity contribution in [3.8, 4) is 0 Å². The number of ketones is 1. The lowest BCUT2D eigenvalue weighted by atomic mass is 9.82. The van der Waals surface area contributed by atoms with Crippen molar-refractivity contribution in [3.05, 3.63) is 0 Å². The van der Waals surface area contributed by atoms with E-state index in [4.69, 9.17) is 5.73 Å². The van der Waals surface area contributed by atoms with Crippen LogP contribution in [-0.4, -0.2) is 70.1 Å². The number of Topliss-reactive ketones (excluding diaryl/α,β-unsaturated/α-hetero) is 1. The summed E-state index contributed by atoms with van der Waals surface area (Å²) in [5, 5.41) is 7.16. The second-order valence-electron chi connectivity index (χ2n) is 12.6. The third-order valence-corrected chi connectivity index (χ3v) is 10.1. The normalized spacial score (nSPS) is 29.6. The Hall–Kier alpha value is -2.29. The number of rotatable bonds is 10. The average molecular weight is 582 g/mol. The van der Waals surface area contributed by atoms with Crippen LogP contribution in [0.15, 0.2) is 0 Å². The van der Waals surface area contributed by atoms with E-state index >= 15 is 0 Å². The van der Waals surface area contributed by atoms with Crippen LogP contribution in [-0.2, 0) is 19.2 Å². The maximum Gasteiger partial charge on any atom is 0.315 e. The molecular formula is C28H45FN5O5P. The van der Waals surface area contributed by atoms with E-state index < -0.39 is 47.1 Å². The molecule has 224 valence electrons. The first kappa shape index (κ1) is 30.7. The third kappa shape index (κ3) is 7.51. The number of hydrogen-bond donors (Lipinski definition) is 4. The summed E-state index contributed by atoms with van der Waals surface area (Å²) < 4.78 is 14.2. The molecule has 0 radical (unpaired) electrons. The molecular weight excluding hydrogens is 536 g/mol. The van der Waals surface area contributed by atoms with Crippen molar-refractivity contribution in [2.75, 3.05) is 6.54 Å². The molecule has 0 aromatic heterocycles. The SMILES string of the molecule is CC1(NC(=O)NC(C(=O)N2CCCC2C(=O)NC(CC2CC2(F)P)C(=O)C(N)=O)C2CCCCC2)CCCCC1. The number of alkyl halides is 1. The highest BCUT2D eigenvalue weighted by Crippen LogP contribution is 2.55. The second kappa shape index (κ2) is 12.7. The number of carbonyl (C=O) groups is 5. The number of amides is 5. The maximum atomic E-state index is 14.2. The Bertz CT molecular complexity index is 998. The van der Waals surface area contributed by atoms with Gasteiger partial charge in [0.2, 0.25) is 17.6 Å². The molecule has 4 fully saturated rings. The van der Waals surface area contributed by atoms with E-state index in [1.165, 1.54) is 4.90 Å². The van der Waals surface area contributed by atoms with Gasteiger partial charge in [-0.2, -0.15) is 0 Å². The van der Waals surface area contributed by atoms with Gasteiger partial charge in [0, 0.05) is 18.0 Å². The van der Waals surface area contributed by atoms with Gasteiger partial charge in [-0.05, 0) is 64.2 Å². The summed E-state index contributed by atoms with van der Waals surface area (Å²) in [6.07, 6.45) is 10.8. The summed E-state index contributed by atoms with van der Waals surface area (Å²) in [5.41, 5.74) is 4.89. The summed E-state index contributed by atoms with van der Waals surface area (Å²) in [6, 6.07) is -3.23. The highest BCUT2D eigenvalue weighted by Gasteiger charge is 2.53. The fraction of sp³-hybridized carbons (Fsp3) is 0.821. The van der Waals surface area contributed by atoms with Crippen LogP contribution in [0.5, 0.6) is 0 Å². The van der Waals surface area contributed by atoms with Crippen molar-refractivity contribution in [1.82, 2.24) is 20.9 Å². The van der Waals surface area contributed by atoms with E-state index in [-0.39, 0.29) is 36.2 Å². The zero-order valence-corrected chi connectivity index (χ0v) is 24.7. The summed E-state index contributed by atoms with van der Waals surface area (Å²) in [4.78, 5) is 66.1. The molecule has 5 amide bonds. The van der Waals surface area contributed by atoms with Gasteiger partial charge in [-0.15, -0.1) is 0 Å². The Morgan fingerprint density at radius 1 is 0.975 bits per heavy atom. The Labute approximate surface area is 238 Å². The Kier molecular flexibility index (Phi) is 9.74. The second-order valence-corrected chi connectivity index (χ2v) is 13.6. The van der Waals surface area contributed by atoms with E-state index in [0.29, 0.717) is 19.4 Å². The Balaban J connectivity index is 1.45. The number of nitrogens with one attached hydrogen (secondary N) is 3. The number of halogens is 1. The minimum atomic E-state index is -1.52. The molecule has 4 aliphatic rings. The summed E-state index contributed by atoms with van der Waals surface area (Å²) in [6.45, 7) is 2.39. The lowest BCUT2D eigenvalue weighted by molar-refractivity contribution is -0.143. The molecule has 1 heterocycles. The molecule has 6 unspecified atom stereocenters. The molecule has 12 heteroatoms. The van der Waals surface area contributed by atoms with E-state index in [0.717, 1.165) is 64.2 Å². The number of primary amides is 1. The molecule has 3 aliphatic carbocycles. The first-order valence-corrected chi connectivity index (χ1v) is 15.5. The highest BCUT2D eigenvalue weighted by molar-refractivity contribution is 7.19. The molecule has 0 spiro atoms.